The topological polar surface area (TPSA) is 119 Å². The van der Waals surface area contributed by atoms with Crippen molar-refractivity contribution in [2.24, 2.45) is 0 Å². The first-order valence-corrected chi connectivity index (χ1v) is 10.7. The summed E-state index contributed by atoms with van der Waals surface area (Å²) < 4.78 is 5.50. The van der Waals surface area contributed by atoms with Gasteiger partial charge in [-0.1, -0.05) is 48.0 Å². The van der Waals surface area contributed by atoms with E-state index in [4.69, 9.17) is 16.3 Å². The number of nitro groups is 1. The smallest absolute Gasteiger partial charge is 0.335 e. The average molecular weight is 492 g/mol. The highest BCUT2D eigenvalue weighted by molar-refractivity contribution is 6.39. The molecule has 1 aliphatic heterocycles. The molecule has 176 valence electrons. The lowest BCUT2D eigenvalue weighted by Gasteiger charge is -2.26. The van der Waals surface area contributed by atoms with Crippen molar-refractivity contribution < 1.29 is 24.0 Å². The molecule has 1 aliphatic rings. The van der Waals surface area contributed by atoms with Crippen molar-refractivity contribution in [1.82, 2.24) is 5.32 Å². The summed E-state index contributed by atoms with van der Waals surface area (Å²) in [5, 5.41) is 13.8. The zero-order valence-corrected chi connectivity index (χ0v) is 19.1. The summed E-state index contributed by atoms with van der Waals surface area (Å²) in [6, 6.07) is 16.6. The van der Waals surface area contributed by atoms with Gasteiger partial charge in [-0.15, -0.1) is 0 Å². The van der Waals surface area contributed by atoms with Crippen LogP contribution in [0.4, 0.5) is 16.2 Å². The van der Waals surface area contributed by atoms with Crippen LogP contribution in [0.15, 0.2) is 72.3 Å². The van der Waals surface area contributed by atoms with Gasteiger partial charge in [0.2, 0.25) is 0 Å². The Labute approximate surface area is 204 Å². The molecule has 4 amide bonds. The van der Waals surface area contributed by atoms with Gasteiger partial charge in [0.25, 0.3) is 17.5 Å². The van der Waals surface area contributed by atoms with E-state index in [9.17, 15) is 24.5 Å². The number of carbonyl (C=O) groups excluding carboxylic acids is 3. The quantitative estimate of drug-likeness (QED) is 0.234. The number of methoxy groups -OCH3 is 1. The number of rotatable bonds is 6. The van der Waals surface area contributed by atoms with E-state index in [2.05, 4.69) is 5.32 Å². The molecule has 0 bridgehead atoms. The number of imide groups is 2. The molecule has 1 fully saturated rings. The zero-order chi connectivity index (χ0) is 25.1. The minimum absolute atomic E-state index is 0.0345. The van der Waals surface area contributed by atoms with Gasteiger partial charge in [-0.25, -0.2) is 9.69 Å². The SMILES string of the molecule is COc1cc(/C=C2\C(=O)NC(=O)N(c3cccc([N+](=O)[O-])c3)C2=O)ccc1Cc1ccccc1Cl. The fourth-order valence-electron chi connectivity index (χ4n) is 3.65. The van der Waals surface area contributed by atoms with E-state index in [0.29, 0.717) is 27.7 Å². The van der Waals surface area contributed by atoms with Gasteiger partial charge in [0.05, 0.1) is 17.7 Å². The number of ether oxygens (including phenoxy) is 1. The van der Waals surface area contributed by atoms with Crippen LogP contribution in [0, 0.1) is 10.1 Å². The fraction of sp³-hybridized carbons (Fsp3) is 0.0800. The lowest BCUT2D eigenvalue weighted by atomic mass is 10.0. The van der Waals surface area contributed by atoms with E-state index in [1.54, 1.807) is 24.3 Å². The second-order valence-electron chi connectivity index (χ2n) is 7.57. The van der Waals surface area contributed by atoms with Gasteiger partial charge >= 0.3 is 6.03 Å². The maximum absolute atomic E-state index is 13.1. The predicted molar refractivity (Wildman–Crippen MR) is 129 cm³/mol. The molecule has 0 spiro atoms. The number of nitro benzene ring substituents is 1. The third kappa shape index (κ3) is 4.90. The van der Waals surface area contributed by atoms with Crippen LogP contribution >= 0.6 is 11.6 Å². The van der Waals surface area contributed by atoms with E-state index >= 15 is 0 Å². The molecule has 9 nitrogen and oxygen atoms in total. The van der Waals surface area contributed by atoms with Crippen molar-refractivity contribution >= 4 is 46.9 Å². The molecule has 3 aromatic rings. The van der Waals surface area contributed by atoms with Crippen LogP contribution in [0.5, 0.6) is 5.75 Å². The highest BCUT2D eigenvalue weighted by Gasteiger charge is 2.37. The van der Waals surface area contributed by atoms with Gasteiger partial charge < -0.3 is 4.74 Å². The van der Waals surface area contributed by atoms with Gasteiger partial charge in [0, 0.05) is 23.6 Å². The molecule has 4 rings (SSSR count). The van der Waals surface area contributed by atoms with Gasteiger partial charge in [-0.2, -0.15) is 0 Å². The van der Waals surface area contributed by atoms with Crippen molar-refractivity contribution in [2.75, 3.05) is 12.0 Å². The third-order valence-corrected chi connectivity index (χ3v) is 5.73. The second-order valence-corrected chi connectivity index (χ2v) is 7.98. The number of hydrogen-bond donors (Lipinski definition) is 1. The molecule has 35 heavy (non-hydrogen) atoms. The number of nitrogens with one attached hydrogen (secondary N) is 1. The predicted octanol–water partition coefficient (Wildman–Crippen LogP) is 4.51. The fourth-order valence-corrected chi connectivity index (χ4v) is 3.85. The third-order valence-electron chi connectivity index (χ3n) is 5.36. The number of anilines is 1. The molecule has 1 heterocycles. The maximum Gasteiger partial charge on any atom is 0.335 e. The molecule has 0 unspecified atom stereocenters. The van der Waals surface area contributed by atoms with Gasteiger partial charge in [0.1, 0.15) is 11.3 Å². The zero-order valence-electron chi connectivity index (χ0n) is 18.4. The Balaban J connectivity index is 1.67. The van der Waals surface area contributed by atoms with Crippen LogP contribution in [-0.4, -0.2) is 29.9 Å². The van der Waals surface area contributed by atoms with Crippen molar-refractivity contribution in [3.05, 3.63) is 104 Å². The van der Waals surface area contributed by atoms with Crippen molar-refractivity contribution in [3.8, 4) is 5.75 Å². The van der Waals surface area contributed by atoms with Crippen molar-refractivity contribution in [2.45, 2.75) is 6.42 Å². The molecule has 1 saturated heterocycles. The summed E-state index contributed by atoms with van der Waals surface area (Å²) >= 11 is 6.26. The first kappa shape index (κ1) is 23.7. The standard InChI is InChI=1S/C25H18ClN3O6/c1-35-22-12-15(9-10-17(22)13-16-5-2-3-8-21(16)26)11-20-23(30)27-25(32)28(24(20)31)18-6-4-7-19(14-18)29(33)34/h2-12,14H,13H2,1H3,(H,27,30,32)/b20-11+. The average Bonchev–Trinajstić information content (AvgIpc) is 2.84. The van der Waals surface area contributed by atoms with Crippen LogP contribution in [0.2, 0.25) is 5.02 Å². The molecule has 10 heteroatoms. The summed E-state index contributed by atoms with van der Waals surface area (Å²) in [5.41, 5.74) is 1.59. The number of amides is 4. The molecule has 1 N–H and O–H groups in total. The van der Waals surface area contributed by atoms with E-state index in [1.165, 1.54) is 31.4 Å². The number of nitrogens with zero attached hydrogens (tertiary/aromatic N) is 2. The second kappa shape index (κ2) is 9.78. The Kier molecular flexibility index (Phi) is 6.61. The Morgan fingerprint density at radius 3 is 2.51 bits per heavy atom. The first-order valence-electron chi connectivity index (χ1n) is 10.3. The Bertz CT molecular complexity index is 1400. The number of carbonyl (C=O) groups is 3. The van der Waals surface area contributed by atoms with Crippen LogP contribution in [0.25, 0.3) is 6.08 Å². The first-order chi connectivity index (χ1) is 16.8. The Morgan fingerprint density at radius 2 is 1.80 bits per heavy atom. The maximum atomic E-state index is 13.1. The van der Waals surface area contributed by atoms with Gasteiger partial charge in [-0.05, 0) is 41.0 Å². The summed E-state index contributed by atoms with van der Waals surface area (Å²) in [7, 11) is 1.50. The number of non-ortho nitro benzene ring substituents is 1. The minimum atomic E-state index is -0.995. The van der Waals surface area contributed by atoms with E-state index in [1.807, 2.05) is 18.2 Å². The van der Waals surface area contributed by atoms with Gasteiger partial charge in [-0.3, -0.25) is 25.0 Å². The molecular formula is C25H18ClN3O6. The number of benzene rings is 3. The molecule has 0 radical (unpaired) electrons. The van der Waals surface area contributed by atoms with Crippen LogP contribution in [0.3, 0.4) is 0 Å². The Hall–Kier alpha value is -4.50. The number of barbiturate groups is 1. The largest absolute Gasteiger partial charge is 0.496 e. The lowest BCUT2D eigenvalue weighted by molar-refractivity contribution is -0.384. The van der Waals surface area contributed by atoms with Crippen LogP contribution < -0.4 is 15.0 Å². The minimum Gasteiger partial charge on any atom is -0.496 e. The summed E-state index contributed by atoms with van der Waals surface area (Å²) in [6.07, 6.45) is 1.84. The molecule has 3 aromatic carbocycles. The Morgan fingerprint density at radius 1 is 1.03 bits per heavy atom. The summed E-state index contributed by atoms with van der Waals surface area (Å²) in [6.45, 7) is 0. The number of halogens is 1. The number of urea groups is 1. The summed E-state index contributed by atoms with van der Waals surface area (Å²) in [4.78, 5) is 49.1. The normalized spacial score (nSPS) is 14.7. The van der Waals surface area contributed by atoms with Crippen molar-refractivity contribution in [3.63, 3.8) is 0 Å². The van der Waals surface area contributed by atoms with E-state index < -0.39 is 22.8 Å². The molecule has 0 aliphatic carbocycles. The van der Waals surface area contributed by atoms with Gasteiger partial charge in [0.15, 0.2) is 0 Å². The van der Waals surface area contributed by atoms with Crippen molar-refractivity contribution in [1.29, 1.82) is 0 Å². The van der Waals surface area contributed by atoms with E-state index in [0.717, 1.165) is 17.2 Å². The highest BCUT2D eigenvalue weighted by atomic mass is 35.5. The molecule has 0 atom stereocenters. The van der Waals surface area contributed by atoms with Crippen LogP contribution in [0.1, 0.15) is 16.7 Å². The summed E-state index contributed by atoms with van der Waals surface area (Å²) in [5.74, 6) is -1.26. The molecular weight excluding hydrogens is 474 g/mol. The molecule has 0 aromatic heterocycles. The molecule has 0 saturated carbocycles. The lowest BCUT2D eigenvalue weighted by Crippen LogP contribution is -2.54. The van der Waals surface area contributed by atoms with Crippen LogP contribution in [-0.2, 0) is 16.0 Å². The highest BCUT2D eigenvalue weighted by Crippen LogP contribution is 2.29. The monoisotopic (exact) mass is 491 g/mol. The van der Waals surface area contributed by atoms with E-state index in [-0.39, 0.29) is 16.9 Å². The number of hydrogen-bond acceptors (Lipinski definition) is 6.